The average Bonchev–Trinajstić information content (AvgIpc) is 2.44. The van der Waals surface area contributed by atoms with Crippen LogP contribution in [0.2, 0.25) is 0 Å². The highest BCUT2D eigenvalue weighted by Gasteiger charge is 2.09. The standard InChI is InChI=1S/C13H13N3O2/c14-5-9-6-15-12-4-2-1-3-11(12)13(9)16-7-10(18)8-17/h1-4,6,10,17-18H,7-8H2,(H,15,16). The van der Waals surface area contributed by atoms with Gasteiger partial charge in [0.2, 0.25) is 0 Å². The third-order valence-electron chi connectivity index (χ3n) is 2.62. The zero-order valence-corrected chi connectivity index (χ0v) is 9.67. The molecule has 1 atom stereocenters. The van der Waals surface area contributed by atoms with Gasteiger partial charge in [-0.05, 0) is 6.07 Å². The number of nitriles is 1. The van der Waals surface area contributed by atoms with E-state index in [1.165, 1.54) is 6.20 Å². The summed E-state index contributed by atoms with van der Waals surface area (Å²) in [6.45, 7) is -0.142. The summed E-state index contributed by atoms with van der Waals surface area (Å²) in [7, 11) is 0. The Bertz CT molecular complexity index is 592. The number of hydrogen-bond acceptors (Lipinski definition) is 5. The molecule has 0 saturated heterocycles. The van der Waals surface area contributed by atoms with Gasteiger partial charge in [0.15, 0.2) is 0 Å². The van der Waals surface area contributed by atoms with E-state index in [1.54, 1.807) is 0 Å². The van der Waals surface area contributed by atoms with Crippen LogP contribution in [0.4, 0.5) is 5.69 Å². The van der Waals surface area contributed by atoms with Crippen LogP contribution in [0, 0.1) is 11.3 Å². The van der Waals surface area contributed by atoms with E-state index in [2.05, 4.69) is 16.4 Å². The molecule has 18 heavy (non-hydrogen) atoms. The highest BCUT2D eigenvalue weighted by molar-refractivity contribution is 5.93. The molecule has 0 aliphatic rings. The molecule has 3 N–H and O–H groups in total. The number of nitrogens with zero attached hydrogens (tertiary/aromatic N) is 2. The van der Waals surface area contributed by atoms with Crippen molar-refractivity contribution in [1.29, 1.82) is 5.26 Å². The maximum atomic E-state index is 9.34. The van der Waals surface area contributed by atoms with Crippen molar-refractivity contribution in [2.24, 2.45) is 0 Å². The van der Waals surface area contributed by atoms with Gasteiger partial charge >= 0.3 is 0 Å². The van der Waals surface area contributed by atoms with E-state index >= 15 is 0 Å². The minimum absolute atomic E-state index is 0.180. The molecule has 5 nitrogen and oxygen atoms in total. The fourth-order valence-corrected chi connectivity index (χ4v) is 1.70. The van der Waals surface area contributed by atoms with E-state index in [1.807, 2.05) is 24.3 Å². The summed E-state index contributed by atoms with van der Waals surface area (Å²) in [4.78, 5) is 4.19. The summed E-state index contributed by atoms with van der Waals surface area (Å²) in [6, 6.07) is 9.50. The van der Waals surface area contributed by atoms with E-state index in [0.717, 1.165) is 10.9 Å². The Morgan fingerprint density at radius 3 is 2.89 bits per heavy atom. The first-order chi connectivity index (χ1) is 8.76. The highest BCUT2D eigenvalue weighted by atomic mass is 16.3. The summed E-state index contributed by atoms with van der Waals surface area (Å²) in [5.74, 6) is 0. The molecular weight excluding hydrogens is 230 g/mol. The number of fused-ring (bicyclic) bond motifs is 1. The van der Waals surface area contributed by atoms with Crippen LogP contribution in [0.25, 0.3) is 10.9 Å². The van der Waals surface area contributed by atoms with Crippen molar-refractivity contribution in [3.8, 4) is 6.07 Å². The summed E-state index contributed by atoms with van der Waals surface area (Å²) < 4.78 is 0. The van der Waals surface area contributed by atoms with Crippen LogP contribution in [-0.2, 0) is 0 Å². The third-order valence-corrected chi connectivity index (χ3v) is 2.62. The lowest BCUT2D eigenvalue weighted by Gasteiger charge is -2.13. The number of pyridine rings is 1. The van der Waals surface area contributed by atoms with Crippen molar-refractivity contribution >= 4 is 16.6 Å². The molecule has 0 bridgehead atoms. The van der Waals surface area contributed by atoms with Crippen molar-refractivity contribution < 1.29 is 10.2 Å². The predicted molar refractivity (Wildman–Crippen MR) is 68.0 cm³/mol. The zero-order chi connectivity index (χ0) is 13.0. The maximum Gasteiger partial charge on any atom is 0.103 e. The van der Waals surface area contributed by atoms with Crippen molar-refractivity contribution in [2.45, 2.75) is 6.10 Å². The zero-order valence-electron chi connectivity index (χ0n) is 9.67. The Morgan fingerprint density at radius 2 is 2.17 bits per heavy atom. The average molecular weight is 243 g/mol. The monoisotopic (exact) mass is 243 g/mol. The summed E-state index contributed by atoms with van der Waals surface area (Å²) in [5, 5.41) is 31.0. The Morgan fingerprint density at radius 1 is 1.39 bits per heavy atom. The minimum Gasteiger partial charge on any atom is -0.394 e. The predicted octanol–water partition coefficient (Wildman–Crippen LogP) is 0.872. The first-order valence-electron chi connectivity index (χ1n) is 5.57. The van der Waals surface area contributed by atoms with E-state index < -0.39 is 6.10 Å². The normalized spacial score (nSPS) is 12.1. The number of aliphatic hydroxyl groups excluding tert-OH is 2. The second-order valence-corrected chi connectivity index (χ2v) is 3.89. The Labute approximate surface area is 104 Å². The van der Waals surface area contributed by atoms with Gasteiger partial charge in [0.05, 0.1) is 29.5 Å². The van der Waals surface area contributed by atoms with Gasteiger partial charge in [-0.1, -0.05) is 18.2 Å². The lowest BCUT2D eigenvalue weighted by Crippen LogP contribution is -2.23. The number of aromatic nitrogens is 1. The lowest BCUT2D eigenvalue weighted by atomic mass is 10.1. The molecular formula is C13H13N3O2. The van der Waals surface area contributed by atoms with Crippen LogP contribution in [0.3, 0.4) is 0 Å². The Kier molecular flexibility index (Phi) is 3.72. The fraction of sp³-hybridized carbons (Fsp3) is 0.231. The fourth-order valence-electron chi connectivity index (χ4n) is 1.70. The van der Waals surface area contributed by atoms with Crippen LogP contribution in [0.1, 0.15) is 5.56 Å². The van der Waals surface area contributed by atoms with Crippen LogP contribution >= 0.6 is 0 Å². The topological polar surface area (TPSA) is 89.2 Å². The maximum absolute atomic E-state index is 9.34. The van der Waals surface area contributed by atoms with Gasteiger partial charge < -0.3 is 15.5 Å². The van der Waals surface area contributed by atoms with Gasteiger partial charge in [-0.2, -0.15) is 5.26 Å². The van der Waals surface area contributed by atoms with Crippen molar-refractivity contribution in [3.63, 3.8) is 0 Å². The summed E-state index contributed by atoms with van der Waals surface area (Å²) in [5.41, 5.74) is 1.83. The van der Waals surface area contributed by atoms with E-state index in [4.69, 9.17) is 10.4 Å². The number of rotatable bonds is 4. The number of nitrogens with one attached hydrogen (secondary N) is 1. The van der Waals surface area contributed by atoms with E-state index in [-0.39, 0.29) is 13.2 Å². The number of hydrogen-bond donors (Lipinski definition) is 3. The summed E-state index contributed by atoms with van der Waals surface area (Å²) >= 11 is 0. The number of anilines is 1. The second-order valence-electron chi connectivity index (χ2n) is 3.89. The minimum atomic E-state index is -0.858. The molecule has 2 rings (SSSR count). The molecule has 0 radical (unpaired) electrons. The Balaban J connectivity index is 2.42. The first kappa shape index (κ1) is 12.3. The molecule has 0 aliphatic heterocycles. The highest BCUT2D eigenvalue weighted by Crippen LogP contribution is 2.25. The molecule has 0 aliphatic carbocycles. The molecule has 1 aromatic heterocycles. The van der Waals surface area contributed by atoms with E-state index in [9.17, 15) is 5.11 Å². The van der Waals surface area contributed by atoms with Gasteiger partial charge in [-0.3, -0.25) is 4.98 Å². The van der Waals surface area contributed by atoms with Crippen molar-refractivity contribution in [2.75, 3.05) is 18.5 Å². The molecule has 1 unspecified atom stereocenters. The first-order valence-corrected chi connectivity index (χ1v) is 5.57. The van der Waals surface area contributed by atoms with Crippen LogP contribution < -0.4 is 5.32 Å². The smallest absolute Gasteiger partial charge is 0.103 e. The molecule has 1 heterocycles. The molecule has 5 heteroatoms. The van der Waals surface area contributed by atoms with Crippen LogP contribution in [-0.4, -0.2) is 34.5 Å². The van der Waals surface area contributed by atoms with Gasteiger partial charge in [-0.15, -0.1) is 0 Å². The van der Waals surface area contributed by atoms with Crippen LogP contribution in [0.5, 0.6) is 0 Å². The molecule has 1 aromatic carbocycles. The Hall–Kier alpha value is -2.16. The van der Waals surface area contributed by atoms with Gasteiger partial charge in [0, 0.05) is 18.1 Å². The molecule has 0 saturated carbocycles. The second kappa shape index (κ2) is 5.45. The SMILES string of the molecule is N#Cc1cnc2ccccc2c1NCC(O)CO. The molecule has 0 amide bonds. The largest absolute Gasteiger partial charge is 0.394 e. The quantitative estimate of drug-likeness (QED) is 0.741. The van der Waals surface area contributed by atoms with Gasteiger partial charge in [0.1, 0.15) is 6.07 Å². The molecule has 0 spiro atoms. The molecule has 92 valence electrons. The number of benzene rings is 1. The number of aliphatic hydroxyl groups is 2. The lowest BCUT2D eigenvalue weighted by molar-refractivity contribution is 0.105. The van der Waals surface area contributed by atoms with Crippen molar-refractivity contribution in [3.05, 3.63) is 36.0 Å². The van der Waals surface area contributed by atoms with E-state index in [0.29, 0.717) is 11.3 Å². The van der Waals surface area contributed by atoms with Gasteiger partial charge in [-0.25, -0.2) is 0 Å². The number of para-hydroxylation sites is 1. The summed E-state index contributed by atoms with van der Waals surface area (Å²) in [6.07, 6.45) is 0.638. The van der Waals surface area contributed by atoms with Crippen LogP contribution in [0.15, 0.2) is 30.5 Å². The van der Waals surface area contributed by atoms with Crippen molar-refractivity contribution in [1.82, 2.24) is 4.98 Å². The third kappa shape index (κ3) is 2.40. The van der Waals surface area contributed by atoms with Gasteiger partial charge in [0.25, 0.3) is 0 Å². The molecule has 2 aromatic rings. The molecule has 0 fully saturated rings.